The van der Waals surface area contributed by atoms with Gasteiger partial charge in [-0.3, -0.25) is 9.69 Å². The van der Waals surface area contributed by atoms with Gasteiger partial charge in [-0.2, -0.15) is 0 Å². The monoisotopic (exact) mass is 324 g/mol. The van der Waals surface area contributed by atoms with Crippen LogP contribution in [0.25, 0.3) is 0 Å². The molecular formula is C16H24N2O5. The molecule has 0 atom stereocenters. The van der Waals surface area contributed by atoms with Crippen molar-refractivity contribution < 1.29 is 23.7 Å². The van der Waals surface area contributed by atoms with Crippen LogP contribution in [0.3, 0.4) is 0 Å². The van der Waals surface area contributed by atoms with E-state index in [4.69, 9.17) is 18.9 Å². The Bertz CT molecular complexity index is 504. The largest absolute Gasteiger partial charge is 0.493 e. The molecule has 1 aliphatic rings. The van der Waals surface area contributed by atoms with Gasteiger partial charge in [0.25, 0.3) is 0 Å². The second-order valence-electron chi connectivity index (χ2n) is 5.17. The second kappa shape index (κ2) is 8.59. The van der Waals surface area contributed by atoms with Gasteiger partial charge < -0.3 is 24.3 Å². The Balaban J connectivity index is 1.96. The number of carbonyl (C=O) groups excluding carboxylic acids is 1. The predicted molar refractivity (Wildman–Crippen MR) is 86.6 cm³/mol. The van der Waals surface area contributed by atoms with Crippen molar-refractivity contribution in [1.29, 1.82) is 0 Å². The fraction of sp³-hybridized carbons (Fsp3) is 0.562. The molecule has 0 unspecified atom stereocenters. The Morgan fingerprint density at radius 3 is 2.26 bits per heavy atom. The standard InChI is InChI=1S/C16H24N2O5/c1-20-13-10-12(11-14(21-2)16(13)22-3)17-15(19)4-5-18-6-8-23-9-7-18/h10-11H,4-9H2,1-3H3,(H,17,19). The number of methoxy groups -OCH3 is 3. The summed E-state index contributed by atoms with van der Waals surface area (Å²) in [6, 6.07) is 3.43. The number of nitrogens with one attached hydrogen (secondary N) is 1. The zero-order valence-corrected chi connectivity index (χ0v) is 13.9. The maximum Gasteiger partial charge on any atom is 0.225 e. The molecule has 0 bridgehead atoms. The highest BCUT2D eigenvalue weighted by Crippen LogP contribution is 2.39. The lowest BCUT2D eigenvalue weighted by molar-refractivity contribution is -0.116. The Morgan fingerprint density at radius 2 is 1.74 bits per heavy atom. The molecule has 0 radical (unpaired) electrons. The number of hydrogen-bond donors (Lipinski definition) is 1. The van der Waals surface area contributed by atoms with E-state index in [0.717, 1.165) is 32.8 Å². The van der Waals surface area contributed by atoms with Gasteiger partial charge in [-0.25, -0.2) is 0 Å². The van der Waals surface area contributed by atoms with Gasteiger partial charge in [-0.05, 0) is 0 Å². The quantitative estimate of drug-likeness (QED) is 0.817. The van der Waals surface area contributed by atoms with Gasteiger partial charge in [0.2, 0.25) is 11.7 Å². The molecule has 7 heteroatoms. The molecule has 128 valence electrons. The molecule has 1 heterocycles. The molecular weight excluding hydrogens is 300 g/mol. The highest BCUT2D eigenvalue weighted by Gasteiger charge is 2.15. The van der Waals surface area contributed by atoms with Crippen LogP contribution < -0.4 is 19.5 Å². The summed E-state index contributed by atoms with van der Waals surface area (Å²) in [7, 11) is 4.63. The topological polar surface area (TPSA) is 69.3 Å². The van der Waals surface area contributed by atoms with Gasteiger partial charge in [0.05, 0.1) is 34.5 Å². The third kappa shape index (κ3) is 4.74. The molecule has 1 aromatic carbocycles. The van der Waals surface area contributed by atoms with Crippen molar-refractivity contribution in [2.45, 2.75) is 6.42 Å². The second-order valence-corrected chi connectivity index (χ2v) is 5.17. The molecule has 1 saturated heterocycles. The number of nitrogens with zero attached hydrogens (tertiary/aromatic N) is 1. The molecule has 1 fully saturated rings. The number of amides is 1. The number of anilines is 1. The van der Waals surface area contributed by atoms with E-state index in [9.17, 15) is 4.79 Å². The van der Waals surface area contributed by atoms with Crippen molar-refractivity contribution in [3.05, 3.63) is 12.1 Å². The predicted octanol–water partition coefficient (Wildman–Crippen LogP) is 1.37. The molecule has 2 rings (SSSR count). The first kappa shape index (κ1) is 17.4. The highest BCUT2D eigenvalue weighted by atomic mass is 16.5. The van der Waals surface area contributed by atoms with Gasteiger partial charge in [-0.1, -0.05) is 0 Å². The number of carbonyl (C=O) groups is 1. The summed E-state index contributed by atoms with van der Waals surface area (Å²) < 4.78 is 21.1. The van der Waals surface area contributed by atoms with E-state index in [2.05, 4.69) is 10.2 Å². The van der Waals surface area contributed by atoms with Crippen molar-refractivity contribution in [2.75, 3.05) is 59.5 Å². The number of benzene rings is 1. The molecule has 23 heavy (non-hydrogen) atoms. The zero-order chi connectivity index (χ0) is 16.7. The lowest BCUT2D eigenvalue weighted by atomic mass is 10.2. The maximum absolute atomic E-state index is 12.1. The zero-order valence-electron chi connectivity index (χ0n) is 13.9. The molecule has 1 aliphatic heterocycles. The van der Waals surface area contributed by atoms with Crippen LogP contribution in [0, 0.1) is 0 Å². The Morgan fingerprint density at radius 1 is 1.13 bits per heavy atom. The molecule has 0 saturated carbocycles. The average Bonchev–Trinajstić information content (AvgIpc) is 2.59. The molecule has 0 aromatic heterocycles. The number of ether oxygens (including phenoxy) is 4. The van der Waals surface area contributed by atoms with Crippen molar-refractivity contribution in [2.24, 2.45) is 0 Å². The number of rotatable bonds is 7. The normalized spacial score (nSPS) is 15.1. The average molecular weight is 324 g/mol. The Kier molecular flexibility index (Phi) is 6.49. The van der Waals surface area contributed by atoms with Crippen LogP contribution in [0.1, 0.15) is 6.42 Å². The molecule has 7 nitrogen and oxygen atoms in total. The molecule has 0 aliphatic carbocycles. The number of morpholine rings is 1. The fourth-order valence-electron chi connectivity index (χ4n) is 2.46. The molecule has 0 spiro atoms. The van der Waals surface area contributed by atoms with Gasteiger partial charge in [-0.15, -0.1) is 0 Å². The highest BCUT2D eigenvalue weighted by molar-refractivity contribution is 5.91. The first-order valence-corrected chi connectivity index (χ1v) is 7.58. The van der Waals surface area contributed by atoms with Crippen LogP contribution in [-0.2, 0) is 9.53 Å². The van der Waals surface area contributed by atoms with Crippen LogP contribution in [0.4, 0.5) is 5.69 Å². The van der Waals surface area contributed by atoms with E-state index < -0.39 is 0 Å². The summed E-state index contributed by atoms with van der Waals surface area (Å²) in [5, 5.41) is 2.87. The smallest absolute Gasteiger partial charge is 0.225 e. The summed E-state index contributed by atoms with van der Waals surface area (Å²) in [4.78, 5) is 14.3. The van der Waals surface area contributed by atoms with Gasteiger partial charge >= 0.3 is 0 Å². The maximum atomic E-state index is 12.1. The van der Waals surface area contributed by atoms with Crippen LogP contribution in [0.2, 0.25) is 0 Å². The van der Waals surface area contributed by atoms with Crippen molar-refractivity contribution in [3.8, 4) is 17.2 Å². The van der Waals surface area contributed by atoms with Crippen LogP contribution in [0.5, 0.6) is 17.2 Å². The molecule has 1 aromatic rings. The van der Waals surface area contributed by atoms with E-state index in [-0.39, 0.29) is 5.91 Å². The number of hydrogen-bond acceptors (Lipinski definition) is 6. The van der Waals surface area contributed by atoms with Crippen LogP contribution in [0.15, 0.2) is 12.1 Å². The van der Waals surface area contributed by atoms with Gasteiger partial charge in [0, 0.05) is 43.9 Å². The summed E-state index contributed by atoms with van der Waals surface area (Å²) in [5.74, 6) is 1.47. The summed E-state index contributed by atoms with van der Waals surface area (Å²) in [6.07, 6.45) is 0.427. The minimum absolute atomic E-state index is 0.0502. The van der Waals surface area contributed by atoms with Crippen LogP contribution >= 0.6 is 0 Å². The van der Waals surface area contributed by atoms with E-state index >= 15 is 0 Å². The summed E-state index contributed by atoms with van der Waals surface area (Å²) >= 11 is 0. The first-order valence-electron chi connectivity index (χ1n) is 7.58. The first-order chi connectivity index (χ1) is 11.2. The van der Waals surface area contributed by atoms with E-state index in [1.54, 1.807) is 33.5 Å². The summed E-state index contributed by atoms with van der Waals surface area (Å²) in [6.45, 7) is 3.93. The molecule has 1 amide bonds. The van der Waals surface area contributed by atoms with Crippen molar-refractivity contribution >= 4 is 11.6 Å². The minimum atomic E-state index is -0.0502. The minimum Gasteiger partial charge on any atom is -0.493 e. The van der Waals surface area contributed by atoms with Gasteiger partial charge in [0.15, 0.2) is 11.5 Å². The van der Waals surface area contributed by atoms with Gasteiger partial charge in [0.1, 0.15) is 0 Å². The van der Waals surface area contributed by atoms with Crippen molar-refractivity contribution in [3.63, 3.8) is 0 Å². The lowest BCUT2D eigenvalue weighted by Gasteiger charge is -2.26. The van der Waals surface area contributed by atoms with E-state index in [1.165, 1.54) is 0 Å². The van der Waals surface area contributed by atoms with E-state index in [0.29, 0.717) is 29.4 Å². The Labute approximate surface area is 136 Å². The SMILES string of the molecule is COc1cc(NC(=O)CCN2CCOCC2)cc(OC)c1OC. The summed E-state index contributed by atoms with van der Waals surface area (Å²) in [5.41, 5.74) is 0.617. The Hall–Kier alpha value is -1.99. The van der Waals surface area contributed by atoms with E-state index in [1.807, 2.05) is 0 Å². The lowest BCUT2D eigenvalue weighted by Crippen LogP contribution is -2.38. The van der Waals surface area contributed by atoms with Crippen molar-refractivity contribution in [1.82, 2.24) is 4.90 Å². The third-order valence-electron chi connectivity index (χ3n) is 3.71. The van der Waals surface area contributed by atoms with Crippen LogP contribution in [-0.4, -0.2) is 65.0 Å². The molecule has 1 N–H and O–H groups in total. The fourth-order valence-corrected chi connectivity index (χ4v) is 2.46. The third-order valence-corrected chi connectivity index (χ3v) is 3.71.